The first-order valence-corrected chi connectivity index (χ1v) is 11.1. The number of carbonyl (C=O) groups excluding carboxylic acids is 2. The van der Waals surface area contributed by atoms with E-state index in [1.54, 1.807) is 18.7 Å². The third kappa shape index (κ3) is 4.43. The minimum Gasteiger partial charge on any atom is -0.368 e. The second kappa shape index (κ2) is 7.50. The summed E-state index contributed by atoms with van der Waals surface area (Å²) in [4.78, 5) is 29.5. The van der Waals surface area contributed by atoms with Crippen LogP contribution in [0.4, 0.5) is 5.69 Å². The molecule has 1 aromatic carbocycles. The van der Waals surface area contributed by atoms with Crippen molar-refractivity contribution in [2.45, 2.75) is 26.3 Å². The average Bonchev–Trinajstić information content (AvgIpc) is 3.00. The Balaban J connectivity index is 1.57. The van der Waals surface area contributed by atoms with Crippen LogP contribution in [0.5, 0.6) is 0 Å². The summed E-state index contributed by atoms with van der Waals surface area (Å²) in [7, 11) is -3.08. The van der Waals surface area contributed by atoms with Crippen molar-refractivity contribution in [3.05, 3.63) is 30.3 Å². The van der Waals surface area contributed by atoms with E-state index in [4.69, 9.17) is 0 Å². The summed E-state index contributed by atoms with van der Waals surface area (Å²) in [6.45, 7) is 5.77. The Labute approximate surface area is 160 Å². The summed E-state index contributed by atoms with van der Waals surface area (Å²) < 4.78 is 23.1. The highest BCUT2D eigenvalue weighted by Gasteiger charge is 2.42. The highest BCUT2D eigenvalue weighted by Crippen LogP contribution is 2.23. The van der Waals surface area contributed by atoms with Gasteiger partial charge in [0.15, 0.2) is 9.84 Å². The first kappa shape index (κ1) is 19.7. The summed E-state index contributed by atoms with van der Waals surface area (Å²) in [5.41, 5.74) is -0.0922. The minimum absolute atomic E-state index is 0.0429. The standard InChI is InChI=1S/C19H27N3O4S/c1-19(2,17(23)20-15-8-13-27(25,26)14-15)18(24)22-11-9-21(10-12-22)16-6-4-3-5-7-16/h3-7,15H,8-14H2,1-2H3,(H,20,23). The second-order valence-corrected chi connectivity index (χ2v) is 10.0. The second-order valence-electron chi connectivity index (χ2n) is 7.81. The molecule has 148 valence electrons. The van der Waals surface area contributed by atoms with E-state index in [2.05, 4.69) is 10.2 Å². The average molecular weight is 394 g/mol. The van der Waals surface area contributed by atoms with Crippen molar-refractivity contribution in [1.82, 2.24) is 10.2 Å². The molecule has 2 heterocycles. The summed E-state index contributed by atoms with van der Waals surface area (Å²) in [5.74, 6) is -0.569. The van der Waals surface area contributed by atoms with Crippen LogP contribution in [0.2, 0.25) is 0 Å². The van der Waals surface area contributed by atoms with E-state index in [0.717, 1.165) is 5.69 Å². The molecule has 2 fully saturated rings. The molecule has 0 saturated carbocycles. The molecule has 1 N–H and O–H groups in total. The number of benzene rings is 1. The van der Waals surface area contributed by atoms with Crippen molar-refractivity contribution in [3.8, 4) is 0 Å². The number of anilines is 1. The molecule has 2 saturated heterocycles. The van der Waals surface area contributed by atoms with E-state index in [0.29, 0.717) is 32.6 Å². The van der Waals surface area contributed by atoms with Crippen molar-refractivity contribution in [2.75, 3.05) is 42.6 Å². The van der Waals surface area contributed by atoms with Gasteiger partial charge in [-0.2, -0.15) is 0 Å². The van der Waals surface area contributed by atoms with Crippen LogP contribution in [-0.2, 0) is 19.4 Å². The van der Waals surface area contributed by atoms with Gasteiger partial charge in [-0.3, -0.25) is 9.59 Å². The van der Waals surface area contributed by atoms with Gasteiger partial charge in [-0.1, -0.05) is 18.2 Å². The molecular weight excluding hydrogens is 366 g/mol. The molecule has 2 aliphatic rings. The lowest BCUT2D eigenvalue weighted by atomic mass is 9.89. The van der Waals surface area contributed by atoms with Gasteiger partial charge in [0.05, 0.1) is 11.5 Å². The third-order valence-corrected chi connectivity index (χ3v) is 7.13. The number of rotatable bonds is 4. The van der Waals surface area contributed by atoms with Crippen LogP contribution < -0.4 is 10.2 Å². The molecule has 0 spiro atoms. The van der Waals surface area contributed by atoms with Crippen LogP contribution in [-0.4, -0.2) is 68.9 Å². The lowest BCUT2D eigenvalue weighted by Gasteiger charge is -2.39. The molecule has 27 heavy (non-hydrogen) atoms. The number of hydrogen-bond acceptors (Lipinski definition) is 5. The molecule has 0 bridgehead atoms. The zero-order valence-corrected chi connectivity index (χ0v) is 16.7. The number of nitrogens with one attached hydrogen (secondary N) is 1. The van der Waals surface area contributed by atoms with Crippen LogP contribution in [0.3, 0.4) is 0 Å². The van der Waals surface area contributed by atoms with Crippen LogP contribution in [0, 0.1) is 5.41 Å². The summed E-state index contributed by atoms with van der Waals surface area (Å²) in [5, 5.41) is 2.75. The summed E-state index contributed by atoms with van der Waals surface area (Å²) >= 11 is 0. The molecular formula is C19H27N3O4S. The van der Waals surface area contributed by atoms with E-state index >= 15 is 0 Å². The number of para-hydroxylation sites is 1. The molecule has 1 unspecified atom stereocenters. The van der Waals surface area contributed by atoms with Gasteiger partial charge in [0.25, 0.3) is 0 Å². The van der Waals surface area contributed by atoms with Crippen LogP contribution >= 0.6 is 0 Å². The van der Waals surface area contributed by atoms with Crippen LogP contribution in [0.15, 0.2) is 30.3 Å². The first-order chi connectivity index (χ1) is 12.7. The van der Waals surface area contributed by atoms with Crippen molar-refractivity contribution >= 4 is 27.3 Å². The highest BCUT2D eigenvalue weighted by atomic mass is 32.2. The van der Waals surface area contributed by atoms with Gasteiger partial charge < -0.3 is 15.1 Å². The van der Waals surface area contributed by atoms with Gasteiger partial charge in [-0.05, 0) is 32.4 Å². The van der Waals surface area contributed by atoms with Gasteiger partial charge in [-0.15, -0.1) is 0 Å². The maximum absolute atomic E-state index is 12.9. The summed E-state index contributed by atoms with van der Waals surface area (Å²) in [6.07, 6.45) is 0.411. The van der Waals surface area contributed by atoms with Crippen molar-refractivity contribution in [3.63, 3.8) is 0 Å². The molecule has 1 atom stereocenters. The zero-order valence-electron chi connectivity index (χ0n) is 15.8. The number of piperazine rings is 1. The van der Waals surface area contributed by atoms with Crippen molar-refractivity contribution < 1.29 is 18.0 Å². The quantitative estimate of drug-likeness (QED) is 0.760. The third-order valence-electron chi connectivity index (χ3n) is 5.36. The lowest BCUT2D eigenvalue weighted by Crippen LogP contribution is -2.56. The Morgan fingerprint density at radius 2 is 1.70 bits per heavy atom. The van der Waals surface area contributed by atoms with Gasteiger partial charge in [0.1, 0.15) is 5.41 Å². The number of carbonyl (C=O) groups is 2. The fourth-order valence-electron chi connectivity index (χ4n) is 3.57. The SMILES string of the molecule is CC(C)(C(=O)NC1CCS(=O)(=O)C1)C(=O)N1CCN(c2ccccc2)CC1. The van der Waals surface area contributed by atoms with E-state index in [9.17, 15) is 18.0 Å². The normalized spacial score (nSPS) is 22.5. The van der Waals surface area contributed by atoms with Gasteiger partial charge in [0, 0.05) is 37.9 Å². The Bertz CT molecular complexity index is 800. The lowest BCUT2D eigenvalue weighted by molar-refractivity contribution is -0.149. The van der Waals surface area contributed by atoms with Gasteiger partial charge >= 0.3 is 0 Å². The molecule has 7 nitrogen and oxygen atoms in total. The van der Waals surface area contributed by atoms with Crippen molar-refractivity contribution in [2.24, 2.45) is 5.41 Å². The smallest absolute Gasteiger partial charge is 0.237 e. The minimum atomic E-state index is -3.08. The number of hydrogen-bond donors (Lipinski definition) is 1. The fourth-order valence-corrected chi connectivity index (χ4v) is 5.25. The van der Waals surface area contributed by atoms with E-state index in [1.165, 1.54) is 0 Å². The first-order valence-electron chi connectivity index (χ1n) is 9.30. The molecule has 0 radical (unpaired) electrons. The molecule has 8 heteroatoms. The Morgan fingerprint density at radius 3 is 2.26 bits per heavy atom. The molecule has 1 aromatic rings. The van der Waals surface area contributed by atoms with Crippen LogP contribution in [0.25, 0.3) is 0 Å². The molecule has 0 aromatic heterocycles. The number of nitrogens with zero attached hydrogens (tertiary/aromatic N) is 2. The fraction of sp³-hybridized carbons (Fsp3) is 0.579. The van der Waals surface area contributed by atoms with E-state index in [-0.39, 0.29) is 17.4 Å². The van der Waals surface area contributed by atoms with Gasteiger partial charge in [-0.25, -0.2) is 8.42 Å². The van der Waals surface area contributed by atoms with Gasteiger partial charge in [0.2, 0.25) is 11.8 Å². The Morgan fingerprint density at radius 1 is 1.07 bits per heavy atom. The number of sulfone groups is 1. The Kier molecular flexibility index (Phi) is 5.46. The number of amides is 2. The maximum atomic E-state index is 12.9. The molecule has 3 rings (SSSR count). The van der Waals surface area contributed by atoms with E-state index in [1.807, 2.05) is 30.3 Å². The molecule has 2 aliphatic heterocycles. The van der Waals surface area contributed by atoms with Crippen LogP contribution in [0.1, 0.15) is 20.3 Å². The predicted octanol–water partition coefficient (Wildman–Crippen LogP) is 0.665. The maximum Gasteiger partial charge on any atom is 0.237 e. The monoisotopic (exact) mass is 393 g/mol. The Hall–Kier alpha value is -2.09. The topological polar surface area (TPSA) is 86.8 Å². The highest BCUT2D eigenvalue weighted by molar-refractivity contribution is 7.91. The molecule has 2 amide bonds. The van der Waals surface area contributed by atoms with E-state index < -0.39 is 27.2 Å². The largest absolute Gasteiger partial charge is 0.368 e. The van der Waals surface area contributed by atoms with Crippen molar-refractivity contribution in [1.29, 1.82) is 0 Å². The summed E-state index contributed by atoms with van der Waals surface area (Å²) in [6, 6.07) is 9.65. The zero-order chi connectivity index (χ0) is 19.7. The predicted molar refractivity (Wildman–Crippen MR) is 104 cm³/mol. The molecule has 0 aliphatic carbocycles.